The second kappa shape index (κ2) is 5.22. The topological polar surface area (TPSA) is 54.9 Å². The molecular formula is C12H12FN3OS. The van der Waals surface area contributed by atoms with Crippen molar-refractivity contribution >= 4 is 17.2 Å². The van der Waals surface area contributed by atoms with Crippen molar-refractivity contribution in [3.05, 3.63) is 45.9 Å². The van der Waals surface area contributed by atoms with Gasteiger partial charge in [-0.3, -0.25) is 9.78 Å². The lowest BCUT2D eigenvalue weighted by Crippen LogP contribution is -2.27. The molecule has 0 fully saturated rings. The van der Waals surface area contributed by atoms with Crippen LogP contribution in [0.15, 0.2) is 24.7 Å². The summed E-state index contributed by atoms with van der Waals surface area (Å²) in [6, 6.07) is 1.11. The summed E-state index contributed by atoms with van der Waals surface area (Å²) in [5.74, 6) is -1.09. The van der Waals surface area contributed by atoms with Crippen LogP contribution in [0, 0.1) is 12.7 Å². The van der Waals surface area contributed by atoms with Crippen molar-refractivity contribution < 1.29 is 9.18 Å². The molecule has 0 radical (unpaired) electrons. The number of halogens is 1. The SMILES string of the molecule is Cc1cnc(C(C)NC(=O)c2ccncc2F)s1. The van der Waals surface area contributed by atoms with Gasteiger partial charge < -0.3 is 5.32 Å². The Morgan fingerprint density at radius 3 is 2.89 bits per heavy atom. The van der Waals surface area contributed by atoms with E-state index in [1.165, 1.54) is 23.6 Å². The average Bonchev–Trinajstić information content (AvgIpc) is 2.76. The maximum atomic E-state index is 13.4. The van der Waals surface area contributed by atoms with Crippen LogP contribution in [-0.4, -0.2) is 15.9 Å². The quantitative estimate of drug-likeness (QED) is 0.927. The fraction of sp³-hybridized carbons (Fsp3) is 0.250. The maximum absolute atomic E-state index is 13.4. The molecule has 2 aromatic heterocycles. The van der Waals surface area contributed by atoms with Crippen molar-refractivity contribution in [1.29, 1.82) is 0 Å². The molecule has 4 nitrogen and oxygen atoms in total. The Morgan fingerprint density at radius 1 is 1.50 bits per heavy atom. The van der Waals surface area contributed by atoms with Crippen molar-refractivity contribution in [3.8, 4) is 0 Å². The van der Waals surface area contributed by atoms with Crippen LogP contribution >= 0.6 is 11.3 Å². The van der Waals surface area contributed by atoms with Crippen LogP contribution in [0.2, 0.25) is 0 Å². The van der Waals surface area contributed by atoms with Crippen LogP contribution in [0.1, 0.15) is 33.2 Å². The van der Waals surface area contributed by atoms with E-state index in [9.17, 15) is 9.18 Å². The first-order valence-electron chi connectivity index (χ1n) is 5.40. The number of carbonyl (C=O) groups excluding carboxylic acids is 1. The van der Waals surface area contributed by atoms with Crippen molar-refractivity contribution in [2.45, 2.75) is 19.9 Å². The van der Waals surface area contributed by atoms with Gasteiger partial charge in [0.2, 0.25) is 0 Å². The molecule has 0 aliphatic carbocycles. The third-order valence-electron chi connectivity index (χ3n) is 2.37. The monoisotopic (exact) mass is 265 g/mol. The number of nitrogens with zero attached hydrogens (tertiary/aromatic N) is 2. The third-order valence-corrected chi connectivity index (χ3v) is 3.47. The lowest BCUT2D eigenvalue weighted by atomic mass is 10.2. The van der Waals surface area contributed by atoms with E-state index < -0.39 is 11.7 Å². The van der Waals surface area contributed by atoms with Crippen LogP contribution in [0.4, 0.5) is 4.39 Å². The van der Waals surface area contributed by atoms with Crippen molar-refractivity contribution in [2.75, 3.05) is 0 Å². The van der Waals surface area contributed by atoms with Gasteiger partial charge in [-0.25, -0.2) is 9.37 Å². The van der Waals surface area contributed by atoms with Gasteiger partial charge in [-0.15, -0.1) is 11.3 Å². The van der Waals surface area contributed by atoms with Crippen LogP contribution in [0.5, 0.6) is 0 Å². The molecule has 1 N–H and O–H groups in total. The highest BCUT2D eigenvalue weighted by Gasteiger charge is 2.16. The van der Waals surface area contributed by atoms with Crippen LogP contribution in [0.3, 0.4) is 0 Å². The van der Waals surface area contributed by atoms with Crippen LogP contribution in [0.25, 0.3) is 0 Å². The summed E-state index contributed by atoms with van der Waals surface area (Å²) in [5.41, 5.74) is -0.00914. The van der Waals surface area contributed by atoms with E-state index in [2.05, 4.69) is 15.3 Å². The average molecular weight is 265 g/mol. The summed E-state index contributed by atoms with van der Waals surface area (Å²) in [7, 11) is 0. The number of pyridine rings is 1. The largest absolute Gasteiger partial charge is 0.343 e. The number of thiazole rings is 1. The number of aromatic nitrogens is 2. The molecule has 0 aliphatic rings. The zero-order valence-corrected chi connectivity index (χ0v) is 10.8. The minimum atomic E-state index is -0.627. The van der Waals surface area contributed by atoms with E-state index in [-0.39, 0.29) is 11.6 Å². The number of rotatable bonds is 3. The summed E-state index contributed by atoms with van der Waals surface area (Å²) < 4.78 is 13.4. The van der Waals surface area contributed by atoms with E-state index in [1.807, 2.05) is 13.8 Å². The molecule has 0 bridgehead atoms. The first-order valence-corrected chi connectivity index (χ1v) is 6.22. The molecule has 2 aromatic rings. The van der Waals surface area contributed by atoms with Gasteiger partial charge in [0.05, 0.1) is 17.8 Å². The molecule has 6 heteroatoms. The second-order valence-electron chi connectivity index (χ2n) is 3.86. The van der Waals surface area contributed by atoms with E-state index in [4.69, 9.17) is 0 Å². The van der Waals surface area contributed by atoms with Crippen molar-refractivity contribution in [2.24, 2.45) is 0 Å². The first-order chi connectivity index (χ1) is 8.58. The van der Waals surface area contributed by atoms with E-state index in [0.717, 1.165) is 16.1 Å². The molecule has 0 aliphatic heterocycles. The van der Waals surface area contributed by atoms with Crippen LogP contribution < -0.4 is 5.32 Å². The molecule has 0 saturated carbocycles. The summed E-state index contributed by atoms with van der Waals surface area (Å²) in [6.45, 7) is 3.76. The Kier molecular flexibility index (Phi) is 3.66. The summed E-state index contributed by atoms with van der Waals surface area (Å²) in [4.78, 5) is 20.7. The zero-order valence-electron chi connectivity index (χ0n) is 9.98. The zero-order chi connectivity index (χ0) is 13.1. The molecule has 94 valence electrons. The minimum Gasteiger partial charge on any atom is -0.343 e. The number of aryl methyl sites for hydroxylation is 1. The molecule has 1 amide bonds. The van der Waals surface area contributed by atoms with Gasteiger partial charge >= 0.3 is 0 Å². The fourth-order valence-corrected chi connectivity index (χ4v) is 2.24. The lowest BCUT2D eigenvalue weighted by Gasteiger charge is -2.11. The molecule has 1 unspecified atom stereocenters. The number of hydrogen-bond donors (Lipinski definition) is 1. The highest BCUT2D eigenvalue weighted by Crippen LogP contribution is 2.19. The van der Waals surface area contributed by atoms with Crippen molar-refractivity contribution in [1.82, 2.24) is 15.3 Å². The smallest absolute Gasteiger partial charge is 0.254 e. The number of carbonyl (C=O) groups is 1. The number of amides is 1. The normalized spacial score (nSPS) is 12.2. The fourth-order valence-electron chi connectivity index (χ4n) is 1.47. The Hall–Kier alpha value is -1.82. The number of hydrogen-bond acceptors (Lipinski definition) is 4. The van der Waals surface area contributed by atoms with Crippen molar-refractivity contribution in [3.63, 3.8) is 0 Å². The van der Waals surface area contributed by atoms with Gasteiger partial charge in [-0.2, -0.15) is 0 Å². The Bertz CT molecular complexity index is 570. The molecule has 0 spiro atoms. The Balaban J connectivity index is 2.10. The highest BCUT2D eigenvalue weighted by atomic mass is 32.1. The molecule has 2 heterocycles. The van der Waals surface area contributed by atoms with E-state index in [0.29, 0.717) is 0 Å². The maximum Gasteiger partial charge on any atom is 0.254 e. The molecule has 0 aromatic carbocycles. The predicted octanol–water partition coefficient (Wildman–Crippen LogP) is 2.48. The van der Waals surface area contributed by atoms with Gasteiger partial charge in [0.25, 0.3) is 5.91 Å². The molecule has 0 saturated heterocycles. The Labute approximate surface area is 108 Å². The standard InChI is InChI=1S/C12H12FN3OS/c1-7-5-15-12(18-7)8(2)16-11(17)9-3-4-14-6-10(9)13/h3-6,8H,1-2H3,(H,16,17). The predicted molar refractivity (Wildman–Crippen MR) is 66.9 cm³/mol. The first kappa shape index (κ1) is 12.6. The summed E-state index contributed by atoms with van der Waals surface area (Å²) in [5, 5.41) is 3.51. The van der Waals surface area contributed by atoms with Crippen LogP contribution in [-0.2, 0) is 0 Å². The van der Waals surface area contributed by atoms with E-state index in [1.54, 1.807) is 6.20 Å². The number of nitrogens with one attached hydrogen (secondary N) is 1. The van der Waals surface area contributed by atoms with Gasteiger partial charge in [0.15, 0.2) is 5.82 Å². The lowest BCUT2D eigenvalue weighted by molar-refractivity contribution is 0.0935. The molecular weight excluding hydrogens is 253 g/mol. The summed E-state index contributed by atoms with van der Waals surface area (Å²) >= 11 is 1.51. The van der Waals surface area contributed by atoms with Gasteiger partial charge in [-0.05, 0) is 19.9 Å². The minimum absolute atomic E-state index is 0.00914. The van der Waals surface area contributed by atoms with Gasteiger partial charge in [0, 0.05) is 17.3 Å². The van der Waals surface area contributed by atoms with Gasteiger partial charge in [0.1, 0.15) is 5.01 Å². The molecule has 18 heavy (non-hydrogen) atoms. The molecule has 1 atom stereocenters. The highest BCUT2D eigenvalue weighted by molar-refractivity contribution is 7.11. The Morgan fingerprint density at radius 2 is 2.28 bits per heavy atom. The molecule has 2 rings (SSSR count). The summed E-state index contributed by atoms with van der Waals surface area (Å²) in [6.07, 6.45) is 4.15. The van der Waals surface area contributed by atoms with Gasteiger partial charge in [-0.1, -0.05) is 0 Å². The second-order valence-corrected chi connectivity index (χ2v) is 5.13. The third kappa shape index (κ3) is 2.70. The van der Waals surface area contributed by atoms with E-state index >= 15 is 0 Å².